The first kappa shape index (κ1) is 16.6. The van der Waals surface area contributed by atoms with Crippen LogP contribution in [0.4, 0.5) is 0 Å². The van der Waals surface area contributed by atoms with Gasteiger partial charge >= 0.3 is 0 Å². The van der Waals surface area contributed by atoms with Gasteiger partial charge in [-0.3, -0.25) is 9.80 Å². The van der Waals surface area contributed by atoms with Crippen molar-refractivity contribution in [1.29, 1.82) is 0 Å². The molecule has 0 aromatic heterocycles. The van der Waals surface area contributed by atoms with Gasteiger partial charge in [0.1, 0.15) is 17.6 Å². The van der Waals surface area contributed by atoms with Gasteiger partial charge < -0.3 is 14.6 Å². The highest BCUT2D eigenvalue weighted by atomic mass is 16.5. The maximum absolute atomic E-state index is 9.04. The number of hydrogen-bond acceptors (Lipinski definition) is 5. The number of aliphatic hydroxyl groups excluding tert-OH is 1. The first-order valence-corrected chi connectivity index (χ1v) is 8.70. The number of rotatable bonds is 6. The molecule has 5 nitrogen and oxygen atoms in total. The SMILES string of the molecule is CCOc1cc2c(cc1CN1CCN(CCO)CC1)OC(C)C2. The number of fused-ring (bicyclic) bond motifs is 1. The molecule has 0 aliphatic carbocycles. The first-order valence-electron chi connectivity index (χ1n) is 8.70. The van der Waals surface area contributed by atoms with E-state index in [4.69, 9.17) is 14.6 Å². The van der Waals surface area contributed by atoms with Gasteiger partial charge in [0.15, 0.2) is 0 Å². The third kappa shape index (κ3) is 3.97. The fourth-order valence-corrected chi connectivity index (χ4v) is 3.45. The van der Waals surface area contributed by atoms with Crippen LogP contribution in [0, 0.1) is 0 Å². The minimum Gasteiger partial charge on any atom is -0.494 e. The van der Waals surface area contributed by atoms with E-state index in [1.165, 1.54) is 11.1 Å². The second-order valence-electron chi connectivity index (χ2n) is 6.47. The van der Waals surface area contributed by atoms with E-state index < -0.39 is 0 Å². The Kier molecular flexibility index (Phi) is 5.41. The Morgan fingerprint density at radius 2 is 1.96 bits per heavy atom. The van der Waals surface area contributed by atoms with Crippen LogP contribution in [0.3, 0.4) is 0 Å². The van der Waals surface area contributed by atoms with E-state index in [-0.39, 0.29) is 12.7 Å². The Morgan fingerprint density at radius 1 is 1.22 bits per heavy atom. The molecule has 2 aliphatic heterocycles. The van der Waals surface area contributed by atoms with E-state index in [0.29, 0.717) is 6.61 Å². The second kappa shape index (κ2) is 7.51. The van der Waals surface area contributed by atoms with Crippen LogP contribution in [0.15, 0.2) is 12.1 Å². The van der Waals surface area contributed by atoms with Crippen molar-refractivity contribution in [3.05, 3.63) is 23.3 Å². The largest absolute Gasteiger partial charge is 0.494 e. The second-order valence-corrected chi connectivity index (χ2v) is 6.47. The molecule has 3 rings (SSSR count). The van der Waals surface area contributed by atoms with Gasteiger partial charge in [-0.2, -0.15) is 0 Å². The topological polar surface area (TPSA) is 45.2 Å². The van der Waals surface area contributed by atoms with E-state index in [1.807, 2.05) is 6.92 Å². The predicted octanol–water partition coefficient (Wildman–Crippen LogP) is 1.52. The number of aliphatic hydroxyl groups is 1. The zero-order valence-electron chi connectivity index (χ0n) is 14.3. The Morgan fingerprint density at radius 3 is 2.65 bits per heavy atom. The van der Waals surface area contributed by atoms with Crippen molar-refractivity contribution >= 4 is 0 Å². The third-order valence-electron chi connectivity index (χ3n) is 4.65. The number of β-amino-alcohol motifs (C(OH)–C–C–N with tert-alkyl or cyclic N) is 1. The Hall–Kier alpha value is -1.30. The summed E-state index contributed by atoms with van der Waals surface area (Å²) in [6, 6.07) is 4.34. The van der Waals surface area contributed by atoms with E-state index in [9.17, 15) is 0 Å². The summed E-state index contributed by atoms with van der Waals surface area (Å²) in [4.78, 5) is 4.77. The van der Waals surface area contributed by atoms with Crippen molar-refractivity contribution in [3.63, 3.8) is 0 Å². The van der Waals surface area contributed by atoms with Crippen LogP contribution in [-0.4, -0.2) is 66.9 Å². The lowest BCUT2D eigenvalue weighted by Crippen LogP contribution is -2.46. The lowest BCUT2D eigenvalue weighted by atomic mass is 10.1. The van der Waals surface area contributed by atoms with Gasteiger partial charge in [-0.05, 0) is 26.0 Å². The average Bonchev–Trinajstić information content (AvgIpc) is 2.89. The molecule has 0 bridgehead atoms. The summed E-state index contributed by atoms with van der Waals surface area (Å²) in [5.41, 5.74) is 2.48. The predicted molar refractivity (Wildman–Crippen MR) is 90.2 cm³/mol. The lowest BCUT2D eigenvalue weighted by Gasteiger charge is -2.34. The summed E-state index contributed by atoms with van der Waals surface area (Å²) >= 11 is 0. The van der Waals surface area contributed by atoms with Crippen molar-refractivity contribution < 1.29 is 14.6 Å². The molecule has 2 aliphatic rings. The molecule has 1 aromatic carbocycles. The van der Waals surface area contributed by atoms with Crippen LogP contribution >= 0.6 is 0 Å². The summed E-state index contributed by atoms with van der Waals surface area (Å²) in [5, 5.41) is 9.04. The van der Waals surface area contributed by atoms with Crippen LogP contribution in [0.1, 0.15) is 25.0 Å². The minimum absolute atomic E-state index is 0.245. The van der Waals surface area contributed by atoms with E-state index in [0.717, 1.165) is 57.2 Å². The molecule has 5 heteroatoms. The maximum atomic E-state index is 9.04. The fraction of sp³-hybridized carbons (Fsp3) is 0.667. The first-order chi connectivity index (χ1) is 11.2. The van der Waals surface area contributed by atoms with Gasteiger partial charge in [-0.25, -0.2) is 0 Å². The summed E-state index contributed by atoms with van der Waals surface area (Å²) in [6.07, 6.45) is 1.23. The number of nitrogens with zero attached hydrogens (tertiary/aromatic N) is 2. The minimum atomic E-state index is 0.245. The Balaban J connectivity index is 1.68. The number of piperazine rings is 1. The highest BCUT2D eigenvalue weighted by Gasteiger charge is 2.23. The lowest BCUT2D eigenvalue weighted by molar-refractivity contribution is 0.107. The van der Waals surface area contributed by atoms with Crippen molar-refractivity contribution in [2.24, 2.45) is 0 Å². The van der Waals surface area contributed by atoms with Gasteiger partial charge in [0.25, 0.3) is 0 Å². The molecular formula is C18H28N2O3. The van der Waals surface area contributed by atoms with Gasteiger partial charge in [0.2, 0.25) is 0 Å². The van der Waals surface area contributed by atoms with E-state index >= 15 is 0 Å². The summed E-state index contributed by atoms with van der Waals surface area (Å²) < 4.78 is 11.8. The van der Waals surface area contributed by atoms with Crippen LogP contribution in [0.25, 0.3) is 0 Å². The van der Waals surface area contributed by atoms with Gasteiger partial charge in [-0.15, -0.1) is 0 Å². The molecule has 0 amide bonds. The molecule has 23 heavy (non-hydrogen) atoms. The van der Waals surface area contributed by atoms with Crippen LogP contribution in [-0.2, 0) is 13.0 Å². The van der Waals surface area contributed by atoms with Gasteiger partial charge in [-0.1, -0.05) is 0 Å². The highest BCUT2D eigenvalue weighted by molar-refractivity contribution is 5.48. The molecule has 128 valence electrons. The van der Waals surface area contributed by atoms with Gasteiger partial charge in [0, 0.05) is 56.8 Å². The van der Waals surface area contributed by atoms with Crippen molar-refractivity contribution in [1.82, 2.24) is 9.80 Å². The van der Waals surface area contributed by atoms with E-state index in [1.54, 1.807) is 0 Å². The smallest absolute Gasteiger partial charge is 0.124 e. The molecule has 1 unspecified atom stereocenters. The fourth-order valence-electron chi connectivity index (χ4n) is 3.45. The summed E-state index contributed by atoms with van der Waals surface area (Å²) in [6.45, 7) is 10.8. The van der Waals surface area contributed by atoms with Crippen molar-refractivity contribution in [3.8, 4) is 11.5 Å². The molecule has 0 spiro atoms. The Bertz CT molecular complexity index is 527. The van der Waals surface area contributed by atoms with Gasteiger partial charge in [0.05, 0.1) is 13.2 Å². The van der Waals surface area contributed by atoms with Crippen LogP contribution in [0.2, 0.25) is 0 Å². The number of ether oxygens (including phenoxy) is 2. The monoisotopic (exact) mass is 320 g/mol. The molecule has 1 atom stereocenters. The Labute approximate surface area is 138 Å². The summed E-state index contributed by atoms with van der Waals surface area (Å²) in [7, 11) is 0. The normalized spacial score (nSPS) is 22.0. The standard InChI is InChI=1S/C18H28N2O3/c1-3-22-17-11-15-10-14(2)23-18(15)12-16(17)13-20-6-4-19(5-7-20)8-9-21/h11-12,14,21H,3-10,13H2,1-2H3. The molecule has 2 heterocycles. The molecule has 1 N–H and O–H groups in total. The average molecular weight is 320 g/mol. The number of hydrogen-bond donors (Lipinski definition) is 1. The van der Waals surface area contributed by atoms with E-state index in [2.05, 4.69) is 28.9 Å². The summed E-state index contributed by atoms with van der Waals surface area (Å²) in [5.74, 6) is 2.02. The molecule has 1 saturated heterocycles. The zero-order chi connectivity index (χ0) is 16.2. The molecular weight excluding hydrogens is 292 g/mol. The maximum Gasteiger partial charge on any atom is 0.124 e. The quantitative estimate of drug-likeness (QED) is 0.861. The third-order valence-corrected chi connectivity index (χ3v) is 4.65. The van der Waals surface area contributed by atoms with Crippen molar-refractivity contribution in [2.75, 3.05) is 45.9 Å². The van der Waals surface area contributed by atoms with Crippen LogP contribution in [0.5, 0.6) is 11.5 Å². The zero-order valence-corrected chi connectivity index (χ0v) is 14.3. The molecule has 1 fully saturated rings. The molecule has 0 radical (unpaired) electrons. The van der Waals surface area contributed by atoms with Crippen LogP contribution < -0.4 is 9.47 Å². The van der Waals surface area contributed by atoms with Crippen molar-refractivity contribution in [2.45, 2.75) is 32.9 Å². The highest BCUT2D eigenvalue weighted by Crippen LogP contribution is 2.35. The molecule has 1 aromatic rings. The molecule has 0 saturated carbocycles. The number of benzene rings is 1.